The van der Waals surface area contributed by atoms with Crippen LogP contribution < -0.4 is 11.1 Å². The number of nitrogens with zero attached hydrogens (tertiary/aromatic N) is 4. The molecule has 2 aliphatic rings. The first-order chi connectivity index (χ1) is 16.2. The minimum absolute atomic E-state index is 0.250. The molecule has 0 unspecified atom stereocenters. The first-order valence-corrected chi connectivity index (χ1v) is 11.9. The molecule has 0 atom stereocenters. The molecule has 0 aliphatic carbocycles. The average molecular weight is 457 g/mol. The number of aliphatic imine (C=N–C) groups is 1. The summed E-state index contributed by atoms with van der Waals surface area (Å²) in [5.74, 6) is 0.924. The maximum Gasteiger partial charge on any atom is 0.221 e. The summed E-state index contributed by atoms with van der Waals surface area (Å²) >= 11 is 1.83. The van der Waals surface area contributed by atoms with Gasteiger partial charge in [-0.15, -0.1) is 11.3 Å². The summed E-state index contributed by atoms with van der Waals surface area (Å²) in [5, 5.41) is 4.66. The van der Waals surface area contributed by atoms with Gasteiger partial charge < -0.3 is 15.8 Å². The third kappa shape index (κ3) is 4.20. The van der Waals surface area contributed by atoms with E-state index in [1.54, 1.807) is 6.20 Å². The van der Waals surface area contributed by atoms with E-state index in [1.807, 2.05) is 23.6 Å². The molecule has 0 bridgehead atoms. The number of hydrogen-bond donors (Lipinski definition) is 2. The highest BCUT2D eigenvalue weighted by atomic mass is 32.1. The number of morpholine rings is 1. The summed E-state index contributed by atoms with van der Waals surface area (Å²) in [6.07, 6.45) is 3.60. The Balaban J connectivity index is 1.33. The quantitative estimate of drug-likeness (QED) is 0.461. The molecule has 166 valence electrons. The Morgan fingerprint density at radius 2 is 2.00 bits per heavy atom. The highest BCUT2D eigenvalue weighted by molar-refractivity contribution is 7.22. The van der Waals surface area contributed by atoms with E-state index in [9.17, 15) is 0 Å². The summed E-state index contributed by atoms with van der Waals surface area (Å²) in [4.78, 5) is 16.5. The molecule has 1 saturated heterocycles. The van der Waals surface area contributed by atoms with Gasteiger partial charge in [-0.1, -0.05) is 6.07 Å². The van der Waals surface area contributed by atoms with Gasteiger partial charge in [-0.3, -0.25) is 9.89 Å². The Morgan fingerprint density at radius 1 is 1.09 bits per heavy atom. The molecule has 0 radical (unpaired) electrons. The van der Waals surface area contributed by atoms with Crippen molar-refractivity contribution >= 4 is 45.1 Å². The molecule has 0 spiro atoms. The van der Waals surface area contributed by atoms with Gasteiger partial charge in [-0.25, -0.2) is 4.98 Å². The lowest BCUT2D eigenvalue weighted by atomic mass is 10.00. The molecule has 2 aliphatic heterocycles. The van der Waals surface area contributed by atoms with Crippen LogP contribution in [-0.4, -0.2) is 47.4 Å². The van der Waals surface area contributed by atoms with Crippen molar-refractivity contribution in [2.45, 2.75) is 13.1 Å². The van der Waals surface area contributed by atoms with Gasteiger partial charge in [0.1, 0.15) is 5.82 Å². The summed E-state index contributed by atoms with van der Waals surface area (Å²) < 4.78 is 6.78. The van der Waals surface area contributed by atoms with Crippen molar-refractivity contribution in [1.29, 1.82) is 0 Å². The van der Waals surface area contributed by atoms with Gasteiger partial charge in [-0.2, -0.15) is 4.98 Å². The number of ether oxygens (including phenoxy) is 1. The van der Waals surface area contributed by atoms with Gasteiger partial charge in [0.2, 0.25) is 5.95 Å². The van der Waals surface area contributed by atoms with Crippen LogP contribution in [0, 0.1) is 0 Å². The van der Waals surface area contributed by atoms with E-state index in [-0.39, 0.29) is 5.95 Å². The Hall–Kier alpha value is -3.33. The molecule has 33 heavy (non-hydrogen) atoms. The largest absolute Gasteiger partial charge is 0.379 e. The van der Waals surface area contributed by atoms with Crippen molar-refractivity contribution in [2.24, 2.45) is 4.99 Å². The van der Waals surface area contributed by atoms with Crippen LogP contribution >= 0.6 is 11.3 Å². The predicted molar refractivity (Wildman–Crippen MR) is 134 cm³/mol. The van der Waals surface area contributed by atoms with Crippen LogP contribution in [0.2, 0.25) is 0 Å². The fourth-order valence-electron chi connectivity index (χ4n) is 4.45. The van der Waals surface area contributed by atoms with E-state index >= 15 is 0 Å². The molecule has 6 rings (SSSR count). The van der Waals surface area contributed by atoms with Gasteiger partial charge in [0.15, 0.2) is 0 Å². The van der Waals surface area contributed by atoms with Gasteiger partial charge in [0.05, 0.1) is 19.8 Å². The molecule has 4 aromatic rings. The predicted octanol–water partition coefficient (Wildman–Crippen LogP) is 4.45. The van der Waals surface area contributed by atoms with Crippen molar-refractivity contribution in [1.82, 2.24) is 14.9 Å². The van der Waals surface area contributed by atoms with Crippen molar-refractivity contribution in [2.75, 3.05) is 37.4 Å². The molecular formula is C25H24N6OS. The van der Waals surface area contributed by atoms with E-state index in [0.717, 1.165) is 44.1 Å². The van der Waals surface area contributed by atoms with Crippen LogP contribution in [0.25, 0.3) is 20.5 Å². The average Bonchev–Trinajstić information content (AvgIpc) is 3.46. The normalized spacial score (nSPS) is 15.8. The summed E-state index contributed by atoms with van der Waals surface area (Å²) in [6.45, 7) is 5.32. The maximum absolute atomic E-state index is 5.75. The number of anilines is 3. The molecular weight excluding hydrogens is 432 g/mol. The number of nitrogen functional groups attached to an aromatic ring is 1. The maximum atomic E-state index is 5.75. The lowest BCUT2D eigenvalue weighted by Crippen LogP contribution is -2.35. The molecule has 8 heteroatoms. The third-order valence-electron chi connectivity index (χ3n) is 6.07. The highest BCUT2D eigenvalue weighted by Gasteiger charge is 2.18. The number of nitrogens with two attached hydrogens (primary N) is 1. The Kier molecular flexibility index (Phi) is 5.26. The van der Waals surface area contributed by atoms with Gasteiger partial charge >= 0.3 is 0 Å². The van der Waals surface area contributed by atoms with Crippen molar-refractivity contribution < 1.29 is 4.74 Å². The van der Waals surface area contributed by atoms with Crippen LogP contribution in [0.1, 0.15) is 16.7 Å². The zero-order chi connectivity index (χ0) is 22.2. The zero-order valence-electron chi connectivity index (χ0n) is 18.1. The second-order valence-corrected chi connectivity index (χ2v) is 9.44. The second kappa shape index (κ2) is 8.55. The lowest BCUT2D eigenvalue weighted by molar-refractivity contribution is 0.0342. The Bertz CT molecular complexity index is 1360. The van der Waals surface area contributed by atoms with Gasteiger partial charge in [0.25, 0.3) is 0 Å². The smallest absolute Gasteiger partial charge is 0.221 e. The molecule has 4 heterocycles. The highest BCUT2D eigenvalue weighted by Crippen LogP contribution is 2.39. The van der Waals surface area contributed by atoms with Crippen LogP contribution in [0.4, 0.5) is 17.5 Å². The van der Waals surface area contributed by atoms with E-state index in [2.05, 4.69) is 61.6 Å². The Morgan fingerprint density at radius 3 is 2.88 bits per heavy atom. The summed E-state index contributed by atoms with van der Waals surface area (Å²) in [5.41, 5.74) is 11.7. The topological polar surface area (TPSA) is 88.7 Å². The van der Waals surface area contributed by atoms with Gasteiger partial charge in [0, 0.05) is 52.9 Å². The molecule has 0 saturated carbocycles. The van der Waals surface area contributed by atoms with E-state index in [0.29, 0.717) is 12.4 Å². The standard InChI is InChI=1S/C25H24N6OS/c26-25-28-4-3-24(30-25)29-19-10-18-13-27-14-21(18)20(12-19)23-11-17-9-16(1-2-22(17)33-23)15-31-5-7-32-8-6-31/h1-4,9-13H,5-8,14-15H2,(H3,26,28,29,30). The summed E-state index contributed by atoms with van der Waals surface area (Å²) in [7, 11) is 0. The number of rotatable bonds is 5. The minimum Gasteiger partial charge on any atom is -0.379 e. The monoisotopic (exact) mass is 456 g/mol. The third-order valence-corrected chi connectivity index (χ3v) is 7.22. The van der Waals surface area contributed by atoms with Crippen molar-refractivity contribution in [3.8, 4) is 10.4 Å². The first kappa shape index (κ1) is 20.3. The van der Waals surface area contributed by atoms with E-state index in [4.69, 9.17) is 10.5 Å². The number of thiophene rings is 1. The molecule has 1 fully saturated rings. The molecule has 2 aromatic carbocycles. The minimum atomic E-state index is 0.250. The Labute approximate surface area is 196 Å². The zero-order valence-corrected chi connectivity index (χ0v) is 18.9. The van der Waals surface area contributed by atoms with Crippen molar-refractivity contribution in [3.05, 3.63) is 65.4 Å². The van der Waals surface area contributed by atoms with Crippen molar-refractivity contribution in [3.63, 3.8) is 0 Å². The van der Waals surface area contributed by atoms with Crippen LogP contribution in [-0.2, 0) is 17.8 Å². The number of benzene rings is 2. The SMILES string of the molecule is Nc1nccc(Nc2cc3c(c(-c4cc5cc(CN6CCOCC6)ccc5s4)c2)CN=C3)n1. The molecule has 0 amide bonds. The number of fused-ring (bicyclic) bond motifs is 2. The van der Waals surface area contributed by atoms with Crippen LogP contribution in [0.5, 0.6) is 0 Å². The number of nitrogens with one attached hydrogen (secondary N) is 1. The van der Waals surface area contributed by atoms with E-state index < -0.39 is 0 Å². The van der Waals surface area contributed by atoms with Gasteiger partial charge in [-0.05, 0) is 58.5 Å². The second-order valence-electron chi connectivity index (χ2n) is 8.36. The number of aromatic nitrogens is 2. The molecule has 2 aromatic heterocycles. The summed E-state index contributed by atoms with van der Waals surface area (Å²) in [6, 6.07) is 15.3. The number of hydrogen-bond acceptors (Lipinski definition) is 8. The molecule has 7 nitrogen and oxygen atoms in total. The first-order valence-electron chi connectivity index (χ1n) is 11.1. The van der Waals surface area contributed by atoms with E-state index in [1.165, 1.54) is 31.7 Å². The fraction of sp³-hybridized carbons (Fsp3) is 0.240. The van der Waals surface area contributed by atoms with Crippen LogP contribution in [0.15, 0.2) is 53.7 Å². The fourth-order valence-corrected chi connectivity index (χ4v) is 5.53. The van der Waals surface area contributed by atoms with Crippen LogP contribution in [0.3, 0.4) is 0 Å². The molecule has 3 N–H and O–H groups in total. The lowest BCUT2D eigenvalue weighted by Gasteiger charge is -2.26.